The Morgan fingerprint density at radius 1 is 1.11 bits per heavy atom. The molecule has 4 nitrogen and oxygen atoms in total. The summed E-state index contributed by atoms with van der Waals surface area (Å²) < 4.78 is 19.9. The molecule has 0 bridgehead atoms. The van der Waals surface area contributed by atoms with Gasteiger partial charge in [0.25, 0.3) is 5.91 Å². The molecule has 1 atom stereocenters. The van der Waals surface area contributed by atoms with E-state index in [9.17, 15) is 9.18 Å². The lowest BCUT2D eigenvalue weighted by Crippen LogP contribution is -2.42. The number of benzene rings is 2. The summed E-state index contributed by atoms with van der Waals surface area (Å²) in [6.45, 7) is 3.27. The lowest BCUT2D eigenvalue weighted by atomic mass is 9.87. The third kappa shape index (κ3) is 3.86. The number of carbonyl (C=O) groups is 1. The van der Waals surface area contributed by atoms with E-state index in [2.05, 4.69) is 4.90 Å². The van der Waals surface area contributed by atoms with E-state index in [0.717, 1.165) is 25.2 Å². The normalized spacial score (nSPS) is 23.8. The van der Waals surface area contributed by atoms with Crippen LogP contribution in [-0.2, 0) is 16.1 Å². The molecule has 0 radical (unpaired) electrons. The molecule has 1 spiro atoms. The second-order valence-corrected chi connectivity index (χ2v) is 7.88. The number of ether oxygens (including phenoxy) is 1. The largest absolute Gasteiger partial charge is 0.371 e. The van der Waals surface area contributed by atoms with Gasteiger partial charge in [0.05, 0.1) is 6.61 Å². The first-order chi connectivity index (χ1) is 13.1. The minimum Gasteiger partial charge on any atom is -0.371 e. The van der Waals surface area contributed by atoms with Crippen LogP contribution in [0.5, 0.6) is 0 Å². The number of amides is 1. The molecule has 4 rings (SSSR count). The van der Waals surface area contributed by atoms with Crippen molar-refractivity contribution in [2.45, 2.75) is 13.0 Å². The van der Waals surface area contributed by atoms with E-state index in [1.807, 2.05) is 35.2 Å². The van der Waals surface area contributed by atoms with E-state index >= 15 is 0 Å². The van der Waals surface area contributed by atoms with Crippen molar-refractivity contribution >= 4 is 23.2 Å². The molecule has 2 aromatic carbocycles. The Labute approximate surface area is 163 Å². The topological polar surface area (TPSA) is 32.8 Å². The van der Waals surface area contributed by atoms with Crippen molar-refractivity contribution in [2.24, 2.45) is 5.41 Å². The molecular weight excluding hydrogens is 367 g/mol. The lowest BCUT2D eigenvalue weighted by molar-refractivity contribution is -0.122. The van der Waals surface area contributed by atoms with Gasteiger partial charge in [-0.25, -0.2) is 4.39 Å². The average Bonchev–Trinajstić information content (AvgIpc) is 2.98. The van der Waals surface area contributed by atoms with Crippen molar-refractivity contribution < 1.29 is 13.9 Å². The summed E-state index contributed by atoms with van der Waals surface area (Å²) in [7, 11) is 0. The van der Waals surface area contributed by atoms with Gasteiger partial charge in [-0.3, -0.25) is 9.69 Å². The fourth-order valence-electron chi connectivity index (χ4n) is 4.06. The minimum absolute atomic E-state index is 0.0197. The standard InChI is InChI=1S/C21H22ClFN2O2/c22-18-7-4-8-19(23)17(18)11-24-10-9-21(13-24)14-25(20(26)12-27-15-21)16-5-2-1-3-6-16/h1-8H,9-15H2. The molecule has 1 unspecified atom stereocenters. The average molecular weight is 389 g/mol. The van der Waals surface area contributed by atoms with Gasteiger partial charge in [-0.05, 0) is 37.2 Å². The highest BCUT2D eigenvalue weighted by Crippen LogP contribution is 2.36. The molecule has 0 aromatic heterocycles. The Morgan fingerprint density at radius 3 is 2.70 bits per heavy atom. The van der Waals surface area contributed by atoms with E-state index in [-0.39, 0.29) is 23.7 Å². The van der Waals surface area contributed by atoms with Crippen molar-refractivity contribution in [3.8, 4) is 0 Å². The molecule has 2 heterocycles. The summed E-state index contributed by atoms with van der Waals surface area (Å²) in [6.07, 6.45) is 0.898. The SMILES string of the molecule is O=C1COCC2(CCN(Cc3c(F)cccc3Cl)C2)CN1c1ccccc1. The maximum absolute atomic E-state index is 14.1. The molecular formula is C21H22ClFN2O2. The second-order valence-electron chi connectivity index (χ2n) is 7.47. The fourth-order valence-corrected chi connectivity index (χ4v) is 4.28. The minimum atomic E-state index is -0.276. The summed E-state index contributed by atoms with van der Waals surface area (Å²) in [5.41, 5.74) is 1.27. The van der Waals surface area contributed by atoms with Gasteiger partial charge in [-0.2, -0.15) is 0 Å². The van der Waals surface area contributed by atoms with Gasteiger partial charge in [-0.15, -0.1) is 0 Å². The molecule has 142 valence electrons. The number of likely N-dealkylation sites (tertiary alicyclic amines) is 1. The molecule has 0 N–H and O–H groups in total. The maximum Gasteiger partial charge on any atom is 0.252 e. The zero-order chi connectivity index (χ0) is 18.9. The molecule has 2 aliphatic heterocycles. The van der Waals surface area contributed by atoms with Crippen LogP contribution < -0.4 is 4.90 Å². The quantitative estimate of drug-likeness (QED) is 0.803. The third-order valence-electron chi connectivity index (χ3n) is 5.46. The number of rotatable bonds is 3. The molecule has 0 saturated carbocycles. The summed E-state index contributed by atoms with van der Waals surface area (Å²) in [5.74, 6) is -0.296. The first-order valence-electron chi connectivity index (χ1n) is 9.15. The Balaban J connectivity index is 1.52. The van der Waals surface area contributed by atoms with E-state index in [1.165, 1.54) is 6.07 Å². The predicted molar refractivity (Wildman–Crippen MR) is 103 cm³/mol. The van der Waals surface area contributed by atoms with Crippen LogP contribution in [0.4, 0.5) is 10.1 Å². The van der Waals surface area contributed by atoms with Gasteiger partial charge in [0.2, 0.25) is 0 Å². The van der Waals surface area contributed by atoms with Gasteiger partial charge in [0.1, 0.15) is 12.4 Å². The van der Waals surface area contributed by atoms with Crippen LogP contribution in [0.25, 0.3) is 0 Å². The van der Waals surface area contributed by atoms with Crippen LogP contribution in [0.1, 0.15) is 12.0 Å². The molecule has 0 aliphatic carbocycles. The van der Waals surface area contributed by atoms with Gasteiger partial charge in [-0.1, -0.05) is 35.9 Å². The van der Waals surface area contributed by atoms with Crippen LogP contribution in [0.2, 0.25) is 5.02 Å². The summed E-state index contributed by atoms with van der Waals surface area (Å²) in [4.78, 5) is 16.6. The maximum atomic E-state index is 14.1. The summed E-state index contributed by atoms with van der Waals surface area (Å²) in [6, 6.07) is 14.5. The number of anilines is 1. The first-order valence-corrected chi connectivity index (χ1v) is 9.53. The fraction of sp³-hybridized carbons (Fsp3) is 0.381. The molecule has 2 aromatic rings. The van der Waals surface area contributed by atoms with Crippen LogP contribution in [0, 0.1) is 11.2 Å². The van der Waals surface area contributed by atoms with Crippen molar-refractivity contribution in [1.82, 2.24) is 4.90 Å². The van der Waals surface area contributed by atoms with E-state index in [0.29, 0.717) is 30.3 Å². The lowest BCUT2D eigenvalue weighted by Gasteiger charge is -2.32. The smallest absolute Gasteiger partial charge is 0.252 e. The van der Waals surface area contributed by atoms with Crippen molar-refractivity contribution in [1.29, 1.82) is 0 Å². The van der Waals surface area contributed by atoms with Gasteiger partial charge >= 0.3 is 0 Å². The summed E-state index contributed by atoms with van der Waals surface area (Å²) in [5, 5.41) is 0.453. The highest BCUT2D eigenvalue weighted by molar-refractivity contribution is 6.31. The molecule has 27 heavy (non-hydrogen) atoms. The Morgan fingerprint density at radius 2 is 1.93 bits per heavy atom. The van der Waals surface area contributed by atoms with Crippen LogP contribution in [-0.4, -0.2) is 43.7 Å². The number of halogens is 2. The predicted octanol–water partition coefficient (Wildman–Crippen LogP) is 3.73. The number of nitrogens with zero attached hydrogens (tertiary/aromatic N) is 2. The Hall–Kier alpha value is -1.95. The number of para-hydroxylation sites is 1. The molecule has 2 saturated heterocycles. The zero-order valence-electron chi connectivity index (χ0n) is 15.0. The van der Waals surface area contributed by atoms with Crippen molar-refractivity contribution in [3.63, 3.8) is 0 Å². The van der Waals surface area contributed by atoms with Gasteiger partial charge in [0, 0.05) is 41.3 Å². The molecule has 6 heteroatoms. The molecule has 2 aliphatic rings. The number of hydrogen-bond donors (Lipinski definition) is 0. The second kappa shape index (κ2) is 7.58. The van der Waals surface area contributed by atoms with Gasteiger partial charge < -0.3 is 9.64 Å². The highest BCUT2D eigenvalue weighted by Gasteiger charge is 2.43. The van der Waals surface area contributed by atoms with E-state index < -0.39 is 0 Å². The Bertz CT molecular complexity index is 812. The van der Waals surface area contributed by atoms with Crippen molar-refractivity contribution in [3.05, 3.63) is 64.9 Å². The van der Waals surface area contributed by atoms with Gasteiger partial charge in [0.15, 0.2) is 0 Å². The van der Waals surface area contributed by atoms with Crippen molar-refractivity contribution in [2.75, 3.05) is 37.7 Å². The molecule has 1 amide bonds. The van der Waals surface area contributed by atoms with Crippen LogP contribution in [0.3, 0.4) is 0 Å². The first kappa shape index (κ1) is 18.4. The monoisotopic (exact) mass is 388 g/mol. The molecule has 2 fully saturated rings. The zero-order valence-corrected chi connectivity index (χ0v) is 15.8. The van der Waals surface area contributed by atoms with E-state index in [4.69, 9.17) is 16.3 Å². The summed E-state index contributed by atoms with van der Waals surface area (Å²) >= 11 is 6.19. The third-order valence-corrected chi connectivity index (χ3v) is 5.81. The number of hydrogen-bond acceptors (Lipinski definition) is 3. The Kier molecular flexibility index (Phi) is 5.17. The van der Waals surface area contributed by atoms with Crippen LogP contribution >= 0.6 is 11.6 Å². The van der Waals surface area contributed by atoms with E-state index in [1.54, 1.807) is 12.1 Å². The van der Waals surface area contributed by atoms with Crippen LogP contribution in [0.15, 0.2) is 48.5 Å². The number of carbonyl (C=O) groups excluding carboxylic acids is 1. The highest BCUT2D eigenvalue weighted by atomic mass is 35.5.